The SMILES string of the molecule is COC(C)(C)C#Cc1ccc(-c2ccccc2N(N)C(=O)c2cn(C)nc2C)cc1. The summed E-state index contributed by atoms with van der Waals surface area (Å²) < 4.78 is 6.94. The molecule has 0 aliphatic rings. The molecule has 6 heteroatoms. The van der Waals surface area contributed by atoms with E-state index in [1.165, 1.54) is 5.01 Å². The van der Waals surface area contributed by atoms with Gasteiger partial charge in [0.2, 0.25) is 0 Å². The van der Waals surface area contributed by atoms with E-state index in [1.807, 2.05) is 62.4 Å². The Bertz CT molecular complexity index is 1120. The Morgan fingerprint density at radius 1 is 1.17 bits per heavy atom. The third-order valence-electron chi connectivity index (χ3n) is 4.84. The number of methoxy groups -OCH3 is 1. The van der Waals surface area contributed by atoms with Crippen molar-refractivity contribution in [2.75, 3.05) is 12.1 Å². The molecule has 2 aromatic carbocycles. The van der Waals surface area contributed by atoms with Gasteiger partial charge in [-0.25, -0.2) is 10.9 Å². The van der Waals surface area contributed by atoms with Gasteiger partial charge in [-0.3, -0.25) is 9.48 Å². The highest BCUT2D eigenvalue weighted by Crippen LogP contribution is 2.30. The molecule has 0 saturated carbocycles. The number of nitrogens with two attached hydrogens (primary N) is 1. The molecular weight excluding hydrogens is 376 g/mol. The highest BCUT2D eigenvalue weighted by Gasteiger charge is 2.21. The molecule has 3 rings (SSSR count). The van der Waals surface area contributed by atoms with Crippen LogP contribution in [0.3, 0.4) is 0 Å². The maximum atomic E-state index is 12.9. The number of aromatic nitrogens is 2. The first-order chi connectivity index (χ1) is 14.2. The number of hydrogen-bond donors (Lipinski definition) is 1. The van der Waals surface area contributed by atoms with E-state index in [9.17, 15) is 4.79 Å². The fourth-order valence-electron chi connectivity index (χ4n) is 2.98. The van der Waals surface area contributed by atoms with Crippen LogP contribution in [-0.4, -0.2) is 28.4 Å². The van der Waals surface area contributed by atoms with Crippen LogP contribution in [0.4, 0.5) is 5.69 Å². The molecule has 30 heavy (non-hydrogen) atoms. The van der Waals surface area contributed by atoms with Gasteiger partial charge in [0.05, 0.1) is 16.9 Å². The number of rotatable bonds is 4. The average Bonchev–Trinajstić information content (AvgIpc) is 3.09. The first-order valence-corrected chi connectivity index (χ1v) is 9.59. The Labute approximate surface area is 177 Å². The minimum Gasteiger partial charge on any atom is -0.366 e. The van der Waals surface area contributed by atoms with Gasteiger partial charge in [-0.1, -0.05) is 42.2 Å². The fraction of sp³-hybridized carbons (Fsp3) is 0.250. The molecule has 3 aromatic rings. The molecule has 0 atom stereocenters. The standard InChI is InChI=1S/C24H26N4O2/c1-17-21(16-27(4)26-17)23(29)28(25)22-9-7-6-8-20(22)19-12-10-18(11-13-19)14-15-24(2,3)30-5/h6-13,16H,25H2,1-5H3. The third kappa shape index (κ3) is 4.60. The summed E-state index contributed by atoms with van der Waals surface area (Å²) in [6, 6.07) is 15.4. The van der Waals surface area contributed by atoms with Crippen molar-refractivity contribution in [3.8, 4) is 23.0 Å². The molecule has 1 amide bonds. The van der Waals surface area contributed by atoms with Crippen molar-refractivity contribution in [2.45, 2.75) is 26.4 Å². The molecule has 1 heterocycles. The van der Waals surface area contributed by atoms with Gasteiger partial charge in [0.25, 0.3) is 5.91 Å². The first kappa shape index (κ1) is 21.3. The number of carbonyl (C=O) groups is 1. The summed E-state index contributed by atoms with van der Waals surface area (Å²) in [5.41, 5.74) is 3.90. The quantitative estimate of drug-likeness (QED) is 0.313. The minimum atomic E-state index is -0.504. The molecule has 0 unspecified atom stereocenters. The van der Waals surface area contributed by atoms with Gasteiger partial charge in [0.1, 0.15) is 5.60 Å². The normalized spacial score (nSPS) is 11.0. The maximum absolute atomic E-state index is 12.9. The Morgan fingerprint density at radius 3 is 2.43 bits per heavy atom. The second-order valence-corrected chi connectivity index (χ2v) is 7.54. The lowest BCUT2D eigenvalue weighted by Gasteiger charge is -2.20. The Hall–Kier alpha value is -3.40. The van der Waals surface area contributed by atoms with Crippen LogP contribution in [0.25, 0.3) is 11.1 Å². The smallest absolute Gasteiger partial charge is 0.275 e. The van der Waals surface area contributed by atoms with Crippen molar-refractivity contribution in [1.82, 2.24) is 9.78 Å². The van der Waals surface area contributed by atoms with Crippen molar-refractivity contribution >= 4 is 11.6 Å². The summed E-state index contributed by atoms with van der Waals surface area (Å²) in [5.74, 6) is 12.2. The number of nitrogens with zero attached hydrogens (tertiary/aromatic N) is 3. The highest BCUT2D eigenvalue weighted by atomic mass is 16.5. The van der Waals surface area contributed by atoms with Crippen molar-refractivity contribution < 1.29 is 9.53 Å². The number of benzene rings is 2. The van der Waals surface area contributed by atoms with Crippen LogP contribution in [0.15, 0.2) is 54.7 Å². The van der Waals surface area contributed by atoms with Crippen LogP contribution < -0.4 is 10.9 Å². The molecule has 0 aliphatic heterocycles. The zero-order valence-corrected chi connectivity index (χ0v) is 17.9. The fourth-order valence-corrected chi connectivity index (χ4v) is 2.98. The maximum Gasteiger partial charge on any atom is 0.275 e. The molecule has 2 N–H and O–H groups in total. The van der Waals surface area contributed by atoms with Crippen molar-refractivity contribution in [3.05, 3.63) is 71.5 Å². The molecule has 1 aromatic heterocycles. The van der Waals surface area contributed by atoms with E-state index in [0.29, 0.717) is 16.9 Å². The number of hydrazine groups is 1. The summed E-state index contributed by atoms with van der Waals surface area (Å²) >= 11 is 0. The number of ether oxygens (including phenoxy) is 1. The van der Waals surface area contributed by atoms with Crippen molar-refractivity contribution in [1.29, 1.82) is 0 Å². The largest absolute Gasteiger partial charge is 0.366 e. The number of aryl methyl sites for hydroxylation is 2. The van der Waals surface area contributed by atoms with Crippen molar-refractivity contribution in [3.63, 3.8) is 0 Å². The Morgan fingerprint density at radius 2 is 1.83 bits per heavy atom. The molecule has 0 spiro atoms. The monoisotopic (exact) mass is 402 g/mol. The van der Waals surface area contributed by atoms with Crippen LogP contribution in [0.2, 0.25) is 0 Å². The Kier molecular flexibility index (Phi) is 6.06. The summed E-state index contributed by atoms with van der Waals surface area (Å²) in [5, 5.41) is 5.41. The second-order valence-electron chi connectivity index (χ2n) is 7.54. The zero-order chi connectivity index (χ0) is 21.9. The molecule has 0 bridgehead atoms. The molecule has 0 aliphatic carbocycles. The van der Waals surface area contributed by atoms with E-state index >= 15 is 0 Å². The lowest BCUT2D eigenvalue weighted by Crippen LogP contribution is -2.38. The zero-order valence-electron chi connectivity index (χ0n) is 17.9. The van der Waals surface area contributed by atoms with Crippen LogP contribution in [0.5, 0.6) is 0 Å². The lowest BCUT2D eigenvalue weighted by molar-refractivity contribution is 0.0741. The van der Waals surface area contributed by atoms with E-state index in [-0.39, 0.29) is 5.91 Å². The average molecular weight is 402 g/mol. The van der Waals surface area contributed by atoms with Crippen LogP contribution in [0.1, 0.15) is 35.5 Å². The summed E-state index contributed by atoms with van der Waals surface area (Å²) in [7, 11) is 3.42. The number of amides is 1. The van der Waals surface area contributed by atoms with Gasteiger partial charge in [-0.2, -0.15) is 5.10 Å². The second kappa shape index (κ2) is 8.54. The van der Waals surface area contributed by atoms with Gasteiger partial charge in [0.15, 0.2) is 0 Å². The van der Waals surface area contributed by atoms with E-state index in [4.69, 9.17) is 10.6 Å². The molecule has 0 radical (unpaired) electrons. The lowest BCUT2D eigenvalue weighted by atomic mass is 10.0. The minimum absolute atomic E-state index is 0.308. The van der Waals surface area contributed by atoms with Crippen molar-refractivity contribution in [2.24, 2.45) is 12.9 Å². The predicted octanol–water partition coefficient (Wildman–Crippen LogP) is 3.69. The predicted molar refractivity (Wildman–Crippen MR) is 119 cm³/mol. The molecule has 154 valence electrons. The summed E-state index contributed by atoms with van der Waals surface area (Å²) in [6.45, 7) is 5.63. The molecule has 6 nitrogen and oxygen atoms in total. The first-order valence-electron chi connectivity index (χ1n) is 9.59. The topological polar surface area (TPSA) is 73.4 Å². The van der Waals surface area contributed by atoms with Gasteiger partial charge in [0, 0.05) is 31.5 Å². The van der Waals surface area contributed by atoms with Crippen LogP contribution in [0, 0.1) is 18.8 Å². The number of anilines is 1. The highest BCUT2D eigenvalue weighted by molar-refractivity contribution is 6.07. The number of hydrogen-bond acceptors (Lipinski definition) is 4. The number of para-hydroxylation sites is 1. The molecular formula is C24H26N4O2. The van der Waals surface area contributed by atoms with E-state index < -0.39 is 5.60 Å². The van der Waals surface area contributed by atoms with Gasteiger partial charge < -0.3 is 4.74 Å². The van der Waals surface area contributed by atoms with Crippen LogP contribution in [-0.2, 0) is 11.8 Å². The van der Waals surface area contributed by atoms with E-state index in [0.717, 1.165) is 16.7 Å². The van der Waals surface area contributed by atoms with Gasteiger partial charge >= 0.3 is 0 Å². The van der Waals surface area contributed by atoms with Crippen LogP contribution >= 0.6 is 0 Å². The third-order valence-corrected chi connectivity index (χ3v) is 4.84. The van der Waals surface area contributed by atoms with Gasteiger partial charge in [-0.05, 0) is 44.5 Å². The summed E-state index contributed by atoms with van der Waals surface area (Å²) in [6.07, 6.45) is 1.68. The van der Waals surface area contributed by atoms with E-state index in [2.05, 4.69) is 16.9 Å². The Balaban J connectivity index is 1.92. The molecule has 0 saturated heterocycles. The van der Waals surface area contributed by atoms with E-state index in [1.54, 1.807) is 32.0 Å². The summed E-state index contributed by atoms with van der Waals surface area (Å²) in [4.78, 5) is 12.9. The van der Waals surface area contributed by atoms with Gasteiger partial charge in [-0.15, -0.1) is 0 Å². The molecule has 0 fully saturated rings. The number of carbonyl (C=O) groups excluding carboxylic acids is 1.